The van der Waals surface area contributed by atoms with Gasteiger partial charge in [-0.1, -0.05) is 54.6 Å². The SMILES string of the molecule is Cn1c(NN=C2CCCc3ccccc32)nc2c1c(=O)n(Cc1ccccc1)c(=O)n2C. The van der Waals surface area contributed by atoms with Crippen molar-refractivity contribution in [2.45, 2.75) is 25.8 Å². The first-order chi connectivity index (χ1) is 15.5. The van der Waals surface area contributed by atoms with Crippen molar-refractivity contribution in [2.75, 3.05) is 5.43 Å². The van der Waals surface area contributed by atoms with Gasteiger partial charge in [-0.2, -0.15) is 10.1 Å². The van der Waals surface area contributed by atoms with Gasteiger partial charge in [0.05, 0.1) is 12.3 Å². The van der Waals surface area contributed by atoms with Crippen LogP contribution >= 0.6 is 0 Å². The first-order valence-corrected chi connectivity index (χ1v) is 10.7. The third-order valence-electron chi connectivity index (χ3n) is 6.02. The lowest BCUT2D eigenvalue weighted by Crippen LogP contribution is -2.39. The number of fused-ring (bicyclic) bond motifs is 2. The van der Waals surface area contributed by atoms with Gasteiger partial charge >= 0.3 is 5.69 Å². The minimum absolute atomic E-state index is 0.204. The largest absolute Gasteiger partial charge is 0.332 e. The van der Waals surface area contributed by atoms with Crippen LogP contribution in [0.3, 0.4) is 0 Å². The Balaban J connectivity index is 1.56. The molecule has 2 heterocycles. The smallest absolute Gasteiger partial charge is 0.306 e. The average Bonchev–Trinajstić information content (AvgIpc) is 3.16. The van der Waals surface area contributed by atoms with Gasteiger partial charge in [-0.05, 0) is 30.4 Å². The number of imidazole rings is 1. The van der Waals surface area contributed by atoms with E-state index in [1.54, 1.807) is 18.7 Å². The summed E-state index contributed by atoms with van der Waals surface area (Å²) < 4.78 is 4.32. The van der Waals surface area contributed by atoms with Gasteiger partial charge in [0.2, 0.25) is 5.95 Å². The number of anilines is 1. The van der Waals surface area contributed by atoms with E-state index < -0.39 is 5.69 Å². The zero-order valence-corrected chi connectivity index (χ0v) is 18.1. The summed E-state index contributed by atoms with van der Waals surface area (Å²) in [5, 5.41) is 4.61. The second-order valence-corrected chi connectivity index (χ2v) is 8.07. The zero-order chi connectivity index (χ0) is 22.2. The molecule has 0 saturated heterocycles. The highest BCUT2D eigenvalue weighted by atomic mass is 16.2. The molecule has 0 radical (unpaired) electrons. The van der Waals surface area contributed by atoms with Crippen molar-refractivity contribution in [3.63, 3.8) is 0 Å². The molecule has 5 rings (SSSR count). The third-order valence-corrected chi connectivity index (χ3v) is 6.02. The van der Waals surface area contributed by atoms with Gasteiger partial charge in [-0.3, -0.25) is 13.9 Å². The quantitative estimate of drug-likeness (QED) is 0.507. The van der Waals surface area contributed by atoms with Crippen LogP contribution in [0.2, 0.25) is 0 Å². The molecular weight excluding hydrogens is 404 g/mol. The lowest BCUT2D eigenvalue weighted by Gasteiger charge is -2.17. The van der Waals surface area contributed by atoms with E-state index in [2.05, 4.69) is 27.6 Å². The molecule has 1 aliphatic carbocycles. The average molecular weight is 428 g/mol. The van der Waals surface area contributed by atoms with E-state index >= 15 is 0 Å². The molecule has 32 heavy (non-hydrogen) atoms. The lowest BCUT2D eigenvalue weighted by atomic mass is 9.90. The number of nitrogens with zero attached hydrogens (tertiary/aromatic N) is 5. The third kappa shape index (κ3) is 3.33. The Kier molecular flexibility index (Phi) is 4.97. The van der Waals surface area contributed by atoms with Gasteiger partial charge in [0.25, 0.3) is 5.56 Å². The number of aryl methyl sites for hydroxylation is 3. The Hall–Kier alpha value is -3.94. The van der Waals surface area contributed by atoms with Gasteiger partial charge in [0.15, 0.2) is 11.2 Å². The van der Waals surface area contributed by atoms with Crippen LogP contribution in [0.4, 0.5) is 5.95 Å². The van der Waals surface area contributed by atoms with Crippen LogP contribution in [0.25, 0.3) is 11.2 Å². The molecule has 0 fully saturated rings. The molecule has 4 aromatic rings. The number of hydrogen-bond acceptors (Lipinski definition) is 5. The molecular formula is C24H24N6O2. The molecule has 0 bridgehead atoms. The molecule has 1 aliphatic rings. The highest BCUT2D eigenvalue weighted by Crippen LogP contribution is 2.22. The fourth-order valence-corrected chi connectivity index (χ4v) is 4.28. The second kappa shape index (κ2) is 7.96. The molecule has 0 atom stereocenters. The normalized spacial score (nSPS) is 14.6. The van der Waals surface area contributed by atoms with Crippen LogP contribution in [0.5, 0.6) is 0 Å². The van der Waals surface area contributed by atoms with Crippen LogP contribution in [-0.2, 0) is 27.1 Å². The van der Waals surface area contributed by atoms with Crippen molar-refractivity contribution in [3.05, 3.63) is 92.1 Å². The minimum atomic E-state index is -0.400. The number of hydrazone groups is 1. The van der Waals surface area contributed by atoms with Crippen LogP contribution < -0.4 is 16.7 Å². The Labute approximate surface area is 184 Å². The molecule has 8 nitrogen and oxygen atoms in total. The van der Waals surface area contributed by atoms with Crippen molar-refractivity contribution in [1.82, 2.24) is 18.7 Å². The van der Waals surface area contributed by atoms with Gasteiger partial charge in [-0.25, -0.2) is 10.2 Å². The molecule has 0 saturated carbocycles. The summed E-state index contributed by atoms with van der Waals surface area (Å²) in [5.41, 5.74) is 7.23. The Morgan fingerprint density at radius 3 is 2.53 bits per heavy atom. The summed E-state index contributed by atoms with van der Waals surface area (Å²) in [4.78, 5) is 30.7. The topological polar surface area (TPSA) is 86.2 Å². The second-order valence-electron chi connectivity index (χ2n) is 8.07. The van der Waals surface area contributed by atoms with E-state index in [9.17, 15) is 9.59 Å². The Morgan fingerprint density at radius 1 is 0.969 bits per heavy atom. The molecule has 0 aliphatic heterocycles. The van der Waals surface area contributed by atoms with E-state index in [0.29, 0.717) is 17.1 Å². The molecule has 0 unspecified atom stereocenters. The lowest BCUT2D eigenvalue weighted by molar-refractivity contribution is 0.655. The number of aromatic nitrogens is 4. The highest BCUT2D eigenvalue weighted by Gasteiger charge is 2.19. The monoisotopic (exact) mass is 428 g/mol. The van der Waals surface area contributed by atoms with Crippen molar-refractivity contribution in [2.24, 2.45) is 19.2 Å². The molecule has 1 N–H and O–H groups in total. The van der Waals surface area contributed by atoms with E-state index in [4.69, 9.17) is 0 Å². The summed E-state index contributed by atoms with van der Waals surface area (Å²) in [6.45, 7) is 0.204. The van der Waals surface area contributed by atoms with Crippen molar-refractivity contribution in [1.29, 1.82) is 0 Å². The van der Waals surface area contributed by atoms with E-state index in [1.807, 2.05) is 42.5 Å². The van der Waals surface area contributed by atoms with Crippen LogP contribution in [0.1, 0.15) is 29.5 Å². The predicted octanol–water partition coefficient (Wildman–Crippen LogP) is 2.63. The predicted molar refractivity (Wildman–Crippen MR) is 125 cm³/mol. The maximum Gasteiger partial charge on any atom is 0.332 e. The van der Waals surface area contributed by atoms with Crippen molar-refractivity contribution < 1.29 is 0 Å². The fourth-order valence-electron chi connectivity index (χ4n) is 4.28. The van der Waals surface area contributed by atoms with E-state index in [0.717, 1.165) is 36.1 Å². The van der Waals surface area contributed by atoms with E-state index in [1.165, 1.54) is 14.7 Å². The standard InChI is InChI=1S/C24H24N6O2/c1-28-20-21(29(2)24(32)30(22(20)31)15-16-9-4-3-5-10-16)25-23(28)27-26-19-14-8-12-17-11-6-7-13-18(17)19/h3-7,9-11,13H,8,12,14-15H2,1-2H3,(H,25,27). The maximum absolute atomic E-state index is 13.2. The number of rotatable bonds is 4. The zero-order valence-electron chi connectivity index (χ0n) is 18.1. The van der Waals surface area contributed by atoms with E-state index in [-0.39, 0.29) is 12.1 Å². The van der Waals surface area contributed by atoms with Gasteiger partial charge in [0, 0.05) is 19.7 Å². The molecule has 162 valence electrons. The summed E-state index contributed by atoms with van der Waals surface area (Å²) >= 11 is 0. The Bertz CT molecular complexity index is 1460. The first-order valence-electron chi connectivity index (χ1n) is 10.7. The van der Waals surface area contributed by atoms with Crippen molar-refractivity contribution >= 4 is 22.8 Å². The maximum atomic E-state index is 13.2. The number of benzene rings is 2. The van der Waals surface area contributed by atoms with Crippen LogP contribution in [0, 0.1) is 0 Å². The molecule has 2 aromatic carbocycles. The summed E-state index contributed by atoms with van der Waals surface area (Å²) in [7, 11) is 3.39. The Morgan fingerprint density at radius 2 is 1.72 bits per heavy atom. The van der Waals surface area contributed by atoms with Crippen LogP contribution in [-0.4, -0.2) is 24.4 Å². The highest BCUT2D eigenvalue weighted by molar-refractivity contribution is 6.03. The van der Waals surface area contributed by atoms with Crippen LogP contribution in [0.15, 0.2) is 69.3 Å². The number of hydrogen-bond donors (Lipinski definition) is 1. The van der Waals surface area contributed by atoms with Gasteiger partial charge < -0.3 is 4.57 Å². The van der Waals surface area contributed by atoms with Gasteiger partial charge in [-0.15, -0.1) is 0 Å². The molecule has 0 spiro atoms. The summed E-state index contributed by atoms with van der Waals surface area (Å²) in [6.07, 6.45) is 2.96. The van der Waals surface area contributed by atoms with Gasteiger partial charge in [0.1, 0.15) is 0 Å². The molecule has 0 amide bonds. The summed E-state index contributed by atoms with van der Waals surface area (Å²) in [5.74, 6) is 0.417. The summed E-state index contributed by atoms with van der Waals surface area (Å²) in [6, 6.07) is 17.7. The first kappa shape index (κ1) is 20.0. The molecule has 8 heteroatoms. The number of nitrogens with one attached hydrogen (secondary N) is 1. The van der Waals surface area contributed by atoms with Crippen molar-refractivity contribution in [3.8, 4) is 0 Å². The fraction of sp³-hybridized carbons (Fsp3) is 0.250. The minimum Gasteiger partial charge on any atom is -0.306 e. The molecule has 2 aromatic heterocycles.